The van der Waals surface area contributed by atoms with Gasteiger partial charge < -0.3 is 11.1 Å². The molecule has 1 aromatic carbocycles. The number of hydrogen-bond acceptors (Lipinski definition) is 9. The fourth-order valence-electron chi connectivity index (χ4n) is 3.47. The lowest BCUT2D eigenvalue weighted by Crippen LogP contribution is -2.13. The van der Waals surface area contributed by atoms with Gasteiger partial charge in [0.1, 0.15) is 35.4 Å². The summed E-state index contributed by atoms with van der Waals surface area (Å²) in [5.41, 5.74) is 7.81. The molecule has 11 heteroatoms. The van der Waals surface area contributed by atoms with E-state index in [1.165, 1.54) is 18.5 Å². The largest absolute Gasteiger partial charge is 0.382 e. The van der Waals surface area contributed by atoms with Gasteiger partial charge in [-0.1, -0.05) is 18.2 Å². The van der Waals surface area contributed by atoms with Crippen LogP contribution in [0.3, 0.4) is 0 Å². The molecule has 166 valence electrons. The summed E-state index contributed by atoms with van der Waals surface area (Å²) in [4.78, 5) is 16.7. The van der Waals surface area contributed by atoms with Gasteiger partial charge in [0.05, 0.1) is 33.9 Å². The van der Waals surface area contributed by atoms with Crippen LogP contribution >= 0.6 is 0 Å². The maximum atomic E-state index is 13.8. The van der Waals surface area contributed by atoms with Gasteiger partial charge in [0.25, 0.3) is 0 Å². The number of fused-ring (bicyclic) bond motifs is 1. The van der Waals surface area contributed by atoms with E-state index in [9.17, 15) is 18.1 Å². The Morgan fingerprint density at radius 1 is 1.15 bits per heavy atom. The second-order valence-corrected chi connectivity index (χ2v) is 9.33. The van der Waals surface area contributed by atoms with Gasteiger partial charge in [0, 0.05) is 23.4 Å². The van der Waals surface area contributed by atoms with Gasteiger partial charge in [0.2, 0.25) is 0 Å². The summed E-state index contributed by atoms with van der Waals surface area (Å²) in [5, 5.41) is 12.6. The van der Waals surface area contributed by atoms with E-state index in [1.54, 1.807) is 31.2 Å². The first kappa shape index (κ1) is 22.0. The fourth-order valence-corrected chi connectivity index (χ4v) is 4.36. The number of pyridine rings is 2. The Bertz CT molecular complexity index is 1530. The number of aromatic nitrogens is 4. The van der Waals surface area contributed by atoms with Crippen LogP contribution < -0.4 is 11.1 Å². The average molecular weight is 463 g/mol. The Labute approximate surface area is 189 Å². The number of nitrogens with zero attached hydrogens (tertiary/aromatic N) is 5. The molecule has 0 radical (unpaired) electrons. The van der Waals surface area contributed by atoms with Crippen molar-refractivity contribution in [2.45, 2.75) is 17.9 Å². The van der Waals surface area contributed by atoms with Crippen molar-refractivity contribution in [2.75, 3.05) is 17.3 Å². The molecule has 9 nitrogen and oxygen atoms in total. The molecule has 3 N–H and O–H groups in total. The van der Waals surface area contributed by atoms with E-state index in [-0.39, 0.29) is 27.6 Å². The number of nitrogens with two attached hydrogens (primary N) is 1. The second kappa shape index (κ2) is 8.40. The predicted octanol–water partition coefficient (Wildman–Crippen LogP) is 3.26. The quantitative estimate of drug-likeness (QED) is 0.455. The van der Waals surface area contributed by atoms with E-state index < -0.39 is 21.7 Å². The van der Waals surface area contributed by atoms with Gasteiger partial charge in [-0.05, 0) is 19.1 Å². The lowest BCUT2D eigenvalue weighted by atomic mass is 9.99. The fraction of sp³-hybridized carbons (Fsp3) is 0.136. The minimum atomic E-state index is -3.59. The van der Waals surface area contributed by atoms with Crippen molar-refractivity contribution in [3.05, 3.63) is 65.9 Å². The Kier molecular flexibility index (Phi) is 5.61. The zero-order chi connectivity index (χ0) is 23.8. The monoisotopic (exact) mass is 463 g/mol. The van der Waals surface area contributed by atoms with E-state index in [0.717, 1.165) is 12.5 Å². The van der Waals surface area contributed by atoms with E-state index in [4.69, 9.17) is 5.73 Å². The van der Waals surface area contributed by atoms with Crippen molar-refractivity contribution in [3.63, 3.8) is 0 Å². The molecule has 0 aliphatic carbocycles. The molecule has 33 heavy (non-hydrogen) atoms. The summed E-state index contributed by atoms with van der Waals surface area (Å²) < 4.78 is 38.8. The van der Waals surface area contributed by atoms with Gasteiger partial charge in [-0.3, -0.25) is 4.98 Å². The van der Waals surface area contributed by atoms with Crippen LogP contribution in [0.15, 0.2) is 53.8 Å². The van der Waals surface area contributed by atoms with Crippen molar-refractivity contribution < 1.29 is 12.8 Å². The SMILES string of the molecule is C[C@H](Nc1ncnc(N)c1C#N)c1cc2ncc(F)cc2nc1-c1ccccc1S(C)(=O)=O. The van der Waals surface area contributed by atoms with Crippen molar-refractivity contribution in [1.82, 2.24) is 19.9 Å². The Hall–Kier alpha value is -4.17. The zero-order valence-corrected chi connectivity index (χ0v) is 18.4. The highest BCUT2D eigenvalue weighted by molar-refractivity contribution is 7.90. The van der Waals surface area contributed by atoms with Crippen molar-refractivity contribution >= 4 is 32.5 Å². The number of sulfone groups is 1. The summed E-state index contributed by atoms with van der Waals surface area (Å²) in [5.74, 6) is -0.322. The maximum absolute atomic E-state index is 13.8. The van der Waals surface area contributed by atoms with Gasteiger partial charge >= 0.3 is 0 Å². The molecule has 0 spiro atoms. The predicted molar refractivity (Wildman–Crippen MR) is 121 cm³/mol. The first-order chi connectivity index (χ1) is 15.7. The Morgan fingerprint density at radius 2 is 1.91 bits per heavy atom. The van der Waals surface area contributed by atoms with Crippen molar-refractivity contribution in [3.8, 4) is 17.3 Å². The van der Waals surface area contributed by atoms with Crippen LogP contribution in [-0.4, -0.2) is 34.6 Å². The van der Waals surface area contributed by atoms with Crippen LogP contribution in [-0.2, 0) is 9.84 Å². The van der Waals surface area contributed by atoms with Gasteiger partial charge in [-0.15, -0.1) is 0 Å². The van der Waals surface area contributed by atoms with Crippen molar-refractivity contribution in [1.29, 1.82) is 5.26 Å². The van der Waals surface area contributed by atoms with E-state index in [1.807, 2.05) is 6.07 Å². The number of hydrogen-bond donors (Lipinski definition) is 2. The number of nitrogen functional groups attached to an aromatic ring is 1. The highest BCUT2D eigenvalue weighted by Crippen LogP contribution is 2.35. The third kappa shape index (κ3) is 4.28. The number of benzene rings is 1. The molecule has 3 heterocycles. The molecular weight excluding hydrogens is 445 g/mol. The average Bonchev–Trinajstić information content (AvgIpc) is 2.77. The van der Waals surface area contributed by atoms with Gasteiger partial charge in [-0.25, -0.2) is 27.8 Å². The molecule has 0 aliphatic rings. The summed E-state index contributed by atoms with van der Waals surface area (Å²) in [6, 6.07) is 10.8. The van der Waals surface area contributed by atoms with Crippen LogP contribution in [0.5, 0.6) is 0 Å². The van der Waals surface area contributed by atoms with E-state index in [2.05, 4.69) is 25.3 Å². The molecule has 0 amide bonds. The summed E-state index contributed by atoms with van der Waals surface area (Å²) >= 11 is 0. The lowest BCUT2D eigenvalue weighted by molar-refractivity contribution is 0.602. The minimum Gasteiger partial charge on any atom is -0.382 e. The Balaban J connectivity index is 1.95. The van der Waals surface area contributed by atoms with E-state index in [0.29, 0.717) is 22.3 Å². The smallest absolute Gasteiger partial charge is 0.176 e. The topological polar surface area (TPSA) is 148 Å². The number of nitriles is 1. The lowest BCUT2D eigenvalue weighted by Gasteiger charge is -2.20. The summed E-state index contributed by atoms with van der Waals surface area (Å²) in [6.45, 7) is 1.79. The second-order valence-electron chi connectivity index (χ2n) is 7.35. The van der Waals surface area contributed by atoms with E-state index >= 15 is 0 Å². The molecule has 3 aromatic heterocycles. The molecule has 0 saturated heterocycles. The third-order valence-electron chi connectivity index (χ3n) is 5.01. The molecule has 0 unspecified atom stereocenters. The minimum absolute atomic E-state index is 0.0265. The third-order valence-corrected chi connectivity index (χ3v) is 6.17. The van der Waals surface area contributed by atoms with Crippen LogP contribution in [0.25, 0.3) is 22.3 Å². The number of anilines is 2. The zero-order valence-electron chi connectivity index (χ0n) is 17.6. The van der Waals surface area contributed by atoms with Crippen LogP contribution in [0.2, 0.25) is 0 Å². The molecule has 4 aromatic rings. The number of rotatable bonds is 5. The molecule has 1 atom stereocenters. The Morgan fingerprint density at radius 3 is 2.64 bits per heavy atom. The molecule has 0 saturated carbocycles. The highest BCUT2D eigenvalue weighted by atomic mass is 32.2. The van der Waals surface area contributed by atoms with Crippen molar-refractivity contribution in [2.24, 2.45) is 0 Å². The highest BCUT2D eigenvalue weighted by Gasteiger charge is 2.22. The van der Waals surface area contributed by atoms with Crippen LogP contribution in [0.1, 0.15) is 24.1 Å². The number of halogens is 1. The standard InChI is InChI=1S/C22H18FN7O2S/c1-12(29-22-16(9-24)21(25)27-11-28-22)15-8-17-18(7-13(23)10-26-17)30-20(15)14-5-3-4-6-19(14)33(2,31)32/h3-8,10-12H,1-2H3,(H3,25,27,28,29)/t12-/m0/s1. The maximum Gasteiger partial charge on any atom is 0.176 e. The molecular formula is C22H18FN7O2S. The van der Waals surface area contributed by atoms with Gasteiger partial charge in [-0.2, -0.15) is 5.26 Å². The molecule has 4 rings (SSSR count). The van der Waals surface area contributed by atoms with Crippen LogP contribution in [0, 0.1) is 17.1 Å². The molecule has 0 fully saturated rings. The molecule has 0 aliphatic heterocycles. The first-order valence-electron chi connectivity index (χ1n) is 9.72. The van der Waals surface area contributed by atoms with Gasteiger partial charge in [0.15, 0.2) is 9.84 Å². The molecule has 0 bridgehead atoms. The first-order valence-corrected chi connectivity index (χ1v) is 11.6. The summed E-state index contributed by atoms with van der Waals surface area (Å²) in [7, 11) is -3.59. The summed E-state index contributed by atoms with van der Waals surface area (Å²) in [6.07, 6.45) is 3.42. The number of nitrogens with one attached hydrogen (secondary N) is 1. The normalized spacial score (nSPS) is 12.3. The van der Waals surface area contributed by atoms with Crippen LogP contribution in [0.4, 0.5) is 16.0 Å².